The molecule has 6 heteroatoms. The van der Waals surface area contributed by atoms with Crippen LogP contribution in [0.5, 0.6) is 0 Å². The van der Waals surface area contributed by atoms with Gasteiger partial charge < -0.3 is 20.9 Å². The second-order valence-electron chi connectivity index (χ2n) is 6.20. The molecule has 1 saturated heterocycles. The second kappa shape index (κ2) is 6.89. The molecule has 0 spiro atoms. The van der Waals surface area contributed by atoms with Crippen molar-refractivity contribution in [3.8, 4) is 0 Å². The third kappa shape index (κ3) is 3.75. The molecule has 2 aliphatic rings. The molecule has 0 radical (unpaired) electrons. The van der Waals surface area contributed by atoms with Gasteiger partial charge in [0.05, 0.1) is 0 Å². The van der Waals surface area contributed by atoms with Crippen LogP contribution in [0.15, 0.2) is 18.2 Å². The Morgan fingerprint density at radius 3 is 2.91 bits per heavy atom. The smallest absolute Gasteiger partial charge is 0.319 e. The van der Waals surface area contributed by atoms with Crippen LogP contribution in [0.25, 0.3) is 0 Å². The van der Waals surface area contributed by atoms with Crippen molar-refractivity contribution >= 4 is 17.7 Å². The number of amides is 4. The van der Waals surface area contributed by atoms with E-state index in [-0.39, 0.29) is 18.1 Å². The number of likely N-dealkylation sites (tertiary alicyclic amines) is 1. The number of carbonyl (C=O) groups excluding carboxylic acids is 2. The van der Waals surface area contributed by atoms with E-state index in [1.54, 1.807) is 4.90 Å². The van der Waals surface area contributed by atoms with Gasteiger partial charge >= 0.3 is 12.1 Å². The summed E-state index contributed by atoms with van der Waals surface area (Å²) < 4.78 is 0. The zero-order chi connectivity index (χ0) is 16.2. The molecule has 1 aromatic rings. The van der Waals surface area contributed by atoms with Crippen LogP contribution in [0.4, 0.5) is 15.3 Å². The molecule has 124 valence electrons. The highest BCUT2D eigenvalue weighted by molar-refractivity contribution is 5.89. The highest BCUT2D eigenvalue weighted by Gasteiger charge is 2.27. The number of nitrogens with zero attached hydrogens (tertiary/aromatic N) is 1. The first kappa shape index (κ1) is 15.6. The van der Waals surface area contributed by atoms with Crippen molar-refractivity contribution in [1.82, 2.24) is 15.5 Å². The van der Waals surface area contributed by atoms with Crippen molar-refractivity contribution < 1.29 is 9.59 Å². The number of anilines is 1. The second-order valence-corrected chi connectivity index (χ2v) is 6.20. The van der Waals surface area contributed by atoms with Crippen LogP contribution in [0.1, 0.15) is 30.9 Å². The summed E-state index contributed by atoms with van der Waals surface area (Å²) in [6, 6.07) is 5.87. The third-order valence-corrected chi connectivity index (χ3v) is 4.50. The van der Waals surface area contributed by atoms with Gasteiger partial charge in [0.25, 0.3) is 0 Å². The molecular formula is C17H24N4O2. The van der Waals surface area contributed by atoms with Gasteiger partial charge in [-0.25, -0.2) is 9.59 Å². The molecule has 1 aliphatic heterocycles. The Kier molecular flexibility index (Phi) is 4.69. The first-order valence-corrected chi connectivity index (χ1v) is 8.38. The van der Waals surface area contributed by atoms with Crippen LogP contribution in [0.3, 0.4) is 0 Å². The van der Waals surface area contributed by atoms with E-state index in [4.69, 9.17) is 0 Å². The predicted molar refractivity (Wildman–Crippen MR) is 89.7 cm³/mol. The standard InChI is InChI=1S/C17H24N4O2/c1-2-18-17(23)21-9-8-15(11-21)20-16(22)19-14-7-6-12-4-3-5-13(12)10-14/h6-7,10,15H,2-5,8-9,11H2,1H3,(H,18,23)(H2,19,20,22)/t15-/m1/s1. The number of fused-ring (bicyclic) bond motifs is 1. The number of hydrogen-bond donors (Lipinski definition) is 3. The highest BCUT2D eigenvalue weighted by Crippen LogP contribution is 2.24. The maximum atomic E-state index is 12.1. The number of aryl methyl sites for hydroxylation is 2. The number of benzene rings is 1. The zero-order valence-electron chi connectivity index (χ0n) is 13.5. The Bertz CT molecular complexity index is 602. The quantitative estimate of drug-likeness (QED) is 0.799. The number of nitrogens with one attached hydrogen (secondary N) is 3. The fourth-order valence-electron chi connectivity index (χ4n) is 3.33. The lowest BCUT2D eigenvalue weighted by Gasteiger charge is -2.17. The Morgan fingerprint density at radius 2 is 2.09 bits per heavy atom. The molecule has 0 unspecified atom stereocenters. The van der Waals surface area contributed by atoms with Gasteiger partial charge in [0.1, 0.15) is 0 Å². The summed E-state index contributed by atoms with van der Waals surface area (Å²) in [7, 11) is 0. The minimum absolute atomic E-state index is 0.00651. The van der Waals surface area contributed by atoms with Crippen LogP contribution in [0.2, 0.25) is 0 Å². The van der Waals surface area contributed by atoms with E-state index in [1.165, 1.54) is 17.5 Å². The normalized spacial score (nSPS) is 19.3. The molecule has 0 aromatic heterocycles. The van der Waals surface area contributed by atoms with Crippen LogP contribution >= 0.6 is 0 Å². The van der Waals surface area contributed by atoms with Crippen LogP contribution in [-0.4, -0.2) is 42.6 Å². The predicted octanol–water partition coefficient (Wildman–Crippen LogP) is 2.10. The van der Waals surface area contributed by atoms with Gasteiger partial charge in [0.2, 0.25) is 0 Å². The van der Waals surface area contributed by atoms with Gasteiger partial charge in [-0.2, -0.15) is 0 Å². The van der Waals surface area contributed by atoms with E-state index in [0.717, 1.165) is 24.9 Å². The average molecular weight is 316 g/mol. The van der Waals surface area contributed by atoms with Gasteiger partial charge in [-0.15, -0.1) is 0 Å². The molecule has 1 heterocycles. The van der Waals surface area contributed by atoms with Gasteiger partial charge in [-0.3, -0.25) is 0 Å². The SMILES string of the molecule is CCNC(=O)N1CC[C@@H](NC(=O)Nc2ccc3c(c2)CCC3)C1. The molecule has 1 atom stereocenters. The van der Waals surface area contributed by atoms with Crippen LogP contribution in [-0.2, 0) is 12.8 Å². The van der Waals surface area contributed by atoms with E-state index in [9.17, 15) is 9.59 Å². The first-order chi connectivity index (χ1) is 11.2. The summed E-state index contributed by atoms with van der Waals surface area (Å²) in [5, 5.41) is 8.63. The molecule has 4 amide bonds. The molecule has 1 fully saturated rings. The van der Waals surface area contributed by atoms with Crippen molar-refractivity contribution in [3.63, 3.8) is 0 Å². The zero-order valence-corrected chi connectivity index (χ0v) is 13.5. The maximum absolute atomic E-state index is 12.1. The fraction of sp³-hybridized carbons (Fsp3) is 0.529. The van der Waals surface area contributed by atoms with Crippen molar-refractivity contribution in [1.29, 1.82) is 0 Å². The molecule has 23 heavy (non-hydrogen) atoms. The van der Waals surface area contributed by atoms with E-state index < -0.39 is 0 Å². The Balaban J connectivity index is 1.49. The van der Waals surface area contributed by atoms with E-state index in [1.807, 2.05) is 13.0 Å². The monoisotopic (exact) mass is 316 g/mol. The Morgan fingerprint density at radius 1 is 1.26 bits per heavy atom. The lowest BCUT2D eigenvalue weighted by Crippen LogP contribution is -2.43. The van der Waals surface area contributed by atoms with Crippen molar-refractivity contribution in [3.05, 3.63) is 29.3 Å². The molecule has 3 rings (SSSR count). The molecule has 0 saturated carbocycles. The molecule has 0 bridgehead atoms. The largest absolute Gasteiger partial charge is 0.338 e. The van der Waals surface area contributed by atoms with Crippen molar-refractivity contribution in [2.24, 2.45) is 0 Å². The lowest BCUT2D eigenvalue weighted by molar-refractivity contribution is 0.208. The number of hydrogen-bond acceptors (Lipinski definition) is 2. The highest BCUT2D eigenvalue weighted by atomic mass is 16.2. The summed E-state index contributed by atoms with van der Waals surface area (Å²) >= 11 is 0. The summed E-state index contributed by atoms with van der Waals surface area (Å²) in [4.78, 5) is 25.6. The molecule has 1 aliphatic carbocycles. The molecular weight excluding hydrogens is 292 g/mol. The maximum Gasteiger partial charge on any atom is 0.319 e. The summed E-state index contributed by atoms with van der Waals surface area (Å²) in [5.41, 5.74) is 3.57. The van der Waals surface area contributed by atoms with Gasteiger partial charge in [0, 0.05) is 31.4 Å². The van der Waals surface area contributed by atoms with Gasteiger partial charge in [-0.05, 0) is 55.9 Å². The lowest BCUT2D eigenvalue weighted by atomic mass is 10.1. The Hall–Kier alpha value is -2.24. The van der Waals surface area contributed by atoms with Crippen LogP contribution < -0.4 is 16.0 Å². The van der Waals surface area contributed by atoms with Crippen molar-refractivity contribution in [2.45, 2.75) is 38.6 Å². The molecule has 6 nitrogen and oxygen atoms in total. The van der Waals surface area contributed by atoms with E-state index in [0.29, 0.717) is 19.6 Å². The van der Waals surface area contributed by atoms with E-state index in [2.05, 4.69) is 28.1 Å². The minimum atomic E-state index is -0.203. The molecule has 3 N–H and O–H groups in total. The number of urea groups is 2. The Labute approximate surface area is 136 Å². The third-order valence-electron chi connectivity index (χ3n) is 4.50. The van der Waals surface area contributed by atoms with Gasteiger partial charge in [-0.1, -0.05) is 6.07 Å². The van der Waals surface area contributed by atoms with Crippen molar-refractivity contribution in [2.75, 3.05) is 25.0 Å². The van der Waals surface area contributed by atoms with Crippen LogP contribution in [0, 0.1) is 0 Å². The summed E-state index contributed by atoms with van der Waals surface area (Å²) in [6.07, 6.45) is 4.22. The van der Waals surface area contributed by atoms with E-state index >= 15 is 0 Å². The first-order valence-electron chi connectivity index (χ1n) is 8.38. The fourth-order valence-corrected chi connectivity index (χ4v) is 3.33. The summed E-state index contributed by atoms with van der Waals surface area (Å²) in [6.45, 7) is 3.75. The number of rotatable bonds is 3. The number of carbonyl (C=O) groups is 2. The van der Waals surface area contributed by atoms with Gasteiger partial charge in [0.15, 0.2) is 0 Å². The summed E-state index contributed by atoms with van der Waals surface area (Å²) in [5.74, 6) is 0. The topological polar surface area (TPSA) is 73.5 Å². The minimum Gasteiger partial charge on any atom is -0.338 e. The molecule has 1 aromatic carbocycles. The average Bonchev–Trinajstić information content (AvgIpc) is 3.15.